The molecule has 0 radical (unpaired) electrons. The van der Waals surface area contributed by atoms with Crippen molar-refractivity contribution in [3.05, 3.63) is 104 Å². The number of hydrogen-bond acceptors (Lipinski definition) is 2. The third kappa shape index (κ3) is 5.15. The molecule has 0 saturated carbocycles. The summed E-state index contributed by atoms with van der Waals surface area (Å²) in [5.41, 5.74) is -0.744. The highest BCUT2D eigenvalue weighted by atomic mass is 28.3. The standard InChI is InChI=1S/C27H31NO2Si/c1-5-15-25(28-26(29)30-27(2,3)4)31(22-16-9-6-10-17-22,23-18-11-7-12-19-23)24-20-13-8-14-21-24/h5-14,16-21,25H,1,15H2,2-4H3,(H,28,29). The van der Waals surface area contributed by atoms with Gasteiger partial charge in [0.1, 0.15) is 5.60 Å². The zero-order valence-corrected chi connectivity index (χ0v) is 19.5. The molecule has 3 rings (SSSR count). The van der Waals surface area contributed by atoms with Gasteiger partial charge in [0.2, 0.25) is 0 Å². The highest BCUT2D eigenvalue weighted by Gasteiger charge is 2.47. The van der Waals surface area contributed by atoms with Gasteiger partial charge in [0.25, 0.3) is 0 Å². The van der Waals surface area contributed by atoms with E-state index in [1.165, 1.54) is 15.6 Å². The molecule has 0 fully saturated rings. The zero-order valence-electron chi connectivity index (χ0n) is 18.5. The number of nitrogens with one attached hydrogen (secondary N) is 1. The number of carbonyl (C=O) groups excluding carboxylic acids is 1. The summed E-state index contributed by atoms with van der Waals surface area (Å²) < 4.78 is 5.66. The molecule has 4 heteroatoms. The fraction of sp³-hybridized carbons (Fsp3) is 0.222. The number of carbonyl (C=O) groups is 1. The molecule has 0 heterocycles. The van der Waals surface area contributed by atoms with Crippen LogP contribution < -0.4 is 20.9 Å². The monoisotopic (exact) mass is 429 g/mol. The van der Waals surface area contributed by atoms with E-state index in [0.29, 0.717) is 6.42 Å². The van der Waals surface area contributed by atoms with Crippen molar-refractivity contribution in [2.75, 3.05) is 0 Å². The van der Waals surface area contributed by atoms with Gasteiger partial charge in [0.15, 0.2) is 8.07 Å². The van der Waals surface area contributed by atoms with Crippen LogP contribution in [0.5, 0.6) is 0 Å². The Morgan fingerprint density at radius 3 is 1.58 bits per heavy atom. The molecule has 0 aromatic heterocycles. The summed E-state index contributed by atoms with van der Waals surface area (Å²) in [5.74, 6) is 0. The number of alkyl carbamates (subject to hydrolysis) is 1. The fourth-order valence-electron chi connectivity index (χ4n) is 4.17. The average molecular weight is 430 g/mol. The van der Waals surface area contributed by atoms with Crippen LogP contribution in [0.4, 0.5) is 4.79 Å². The summed E-state index contributed by atoms with van der Waals surface area (Å²) >= 11 is 0. The Bertz CT molecular complexity index is 885. The maximum absolute atomic E-state index is 12.9. The van der Waals surface area contributed by atoms with Crippen LogP contribution in [-0.2, 0) is 4.74 Å². The minimum absolute atomic E-state index is 0.174. The van der Waals surface area contributed by atoms with Gasteiger partial charge in [0, 0.05) is 5.67 Å². The summed E-state index contributed by atoms with van der Waals surface area (Å²) in [7, 11) is -2.70. The molecule has 1 amide bonds. The number of ether oxygens (including phenoxy) is 1. The first-order valence-corrected chi connectivity index (χ1v) is 12.7. The number of benzene rings is 3. The van der Waals surface area contributed by atoms with E-state index in [1.54, 1.807) is 0 Å². The molecule has 3 aromatic carbocycles. The van der Waals surface area contributed by atoms with Crippen molar-refractivity contribution in [2.45, 2.75) is 38.5 Å². The first kappa shape index (κ1) is 22.6. The van der Waals surface area contributed by atoms with Gasteiger partial charge < -0.3 is 10.1 Å². The summed E-state index contributed by atoms with van der Waals surface area (Å²) in [6.07, 6.45) is 2.11. The smallest absolute Gasteiger partial charge is 0.407 e. The third-order valence-electron chi connectivity index (χ3n) is 5.30. The fourth-order valence-corrected chi connectivity index (χ4v) is 9.38. The molecular formula is C27H31NO2Si. The Hall–Kier alpha value is -3.11. The van der Waals surface area contributed by atoms with Crippen molar-refractivity contribution in [3.63, 3.8) is 0 Å². The second-order valence-corrected chi connectivity index (χ2v) is 12.7. The van der Waals surface area contributed by atoms with Crippen LogP contribution in [0.1, 0.15) is 27.2 Å². The van der Waals surface area contributed by atoms with Gasteiger partial charge in [-0.25, -0.2) is 4.79 Å². The van der Waals surface area contributed by atoms with Crippen LogP contribution in [0.25, 0.3) is 0 Å². The predicted octanol–water partition coefficient (Wildman–Crippen LogP) is 4.17. The van der Waals surface area contributed by atoms with Crippen molar-refractivity contribution in [3.8, 4) is 0 Å². The molecule has 3 aromatic rings. The highest BCUT2D eigenvalue weighted by molar-refractivity contribution is 7.12. The van der Waals surface area contributed by atoms with Crippen molar-refractivity contribution in [2.24, 2.45) is 0 Å². The predicted molar refractivity (Wildman–Crippen MR) is 132 cm³/mol. The Labute approximate surface area is 186 Å². The Balaban J connectivity index is 2.26. The number of hydrogen-bond donors (Lipinski definition) is 1. The minimum Gasteiger partial charge on any atom is -0.444 e. The lowest BCUT2D eigenvalue weighted by Crippen LogP contribution is -2.77. The van der Waals surface area contributed by atoms with Gasteiger partial charge in [-0.1, -0.05) is 97.1 Å². The molecule has 1 unspecified atom stereocenters. The molecule has 1 atom stereocenters. The van der Waals surface area contributed by atoms with Gasteiger partial charge in [0.05, 0.1) is 0 Å². The van der Waals surface area contributed by atoms with Gasteiger partial charge in [-0.15, -0.1) is 6.58 Å². The average Bonchev–Trinajstić information content (AvgIpc) is 2.75. The minimum atomic E-state index is -2.70. The first-order valence-electron chi connectivity index (χ1n) is 10.6. The molecule has 0 aliphatic carbocycles. The van der Waals surface area contributed by atoms with Crippen LogP contribution in [0, 0.1) is 0 Å². The zero-order chi connectivity index (χ0) is 22.3. The Morgan fingerprint density at radius 1 is 0.871 bits per heavy atom. The first-order chi connectivity index (χ1) is 14.9. The van der Waals surface area contributed by atoms with E-state index < -0.39 is 19.8 Å². The van der Waals surface area contributed by atoms with Gasteiger partial charge in [-0.05, 0) is 42.8 Å². The second-order valence-electron chi connectivity index (χ2n) is 8.63. The second kappa shape index (κ2) is 9.80. The van der Waals surface area contributed by atoms with E-state index in [9.17, 15) is 4.79 Å². The van der Waals surface area contributed by atoms with E-state index in [-0.39, 0.29) is 5.67 Å². The molecule has 31 heavy (non-hydrogen) atoms. The van der Waals surface area contributed by atoms with Crippen molar-refractivity contribution >= 4 is 29.7 Å². The normalized spacial score (nSPS) is 12.6. The number of amides is 1. The summed E-state index contributed by atoms with van der Waals surface area (Å²) in [5, 5.41) is 6.94. The van der Waals surface area contributed by atoms with Gasteiger partial charge >= 0.3 is 6.09 Å². The molecule has 0 bridgehead atoms. The molecule has 0 aliphatic rings. The molecule has 0 saturated heterocycles. The quantitative estimate of drug-likeness (QED) is 0.348. The van der Waals surface area contributed by atoms with Gasteiger partial charge in [-0.3, -0.25) is 0 Å². The van der Waals surface area contributed by atoms with E-state index in [0.717, 1.165) is 0 Å². The summed E-state index contributed by atoms with van der Waals surface area (Å²) in [6, 6.07) is 31.6. The molecule has 1 N–H and O–H groups in total. The SMILES string of the molecule is C=CCC(NC(=O)OC(C)(C)C)[Si](c1ccccc1)(c1ccccc1)c1ccccc1. The van der Waals surface area contributed by atoms with Crippen LogP contribution in [0.15, 0.2) is 104 Å². The summed E-state index contributed by atoms with van der Waals surface area (Å²) in [4.78, 5) is 12.9. The molecule has 0 spiro atoms. The highest BCUT2D eigenvalue weighted by Crippen LogP contribution is 2.17. The van der Waals surface area contributed by atoms with E-state index >= 15 is 0 Å². The molecule has 0 aliphatic heterocycles. The lowest BCUT2D eigenvalue weighted by Gasteiger charge is -2.40. The van der Waals surface area contributed by atoms with Crippen LogP contribution in [0.3, 0.4) is 0 Å². The van der Waals surface area contributed by atoms with Gasteiger partial charge in [-0.2, -0.15) is 0 Å². The van der Waals surface area contributed by atoms with Crippen LogP contribution in [-0.4, -0.2) is 25.4 Å². The lowest BCUT2D eigenvalue weighted by atomic mass is 10.2. The molecule has 160 valence electrons. The van der Waals surface area contributed by atoms with Crippen LogP contribution >= 0.6 is 0 Å². The Morgan fingerprint density at radius 2 is 1.26 bits per heavy atom. The van der Waals surface area contributed by atoms with Crippen molar-refractivity contribution in [1.82, 2.24) is 5.32 Å². The maximum atomic E-state index is 12.9. The third-order valence-corrected chi connectivity index (χ3v) is 10.5. The summed E-state index contributed by atoms with van der Waals surface area (Å²) in [6.45, 7) is 9.65. The van der Waals surface area contributed by atoms with Crippen LogP contribution in [0.2, 0.25) is 0 Å². The largest absolute Gasteiger partial charge is 0.444 e. The molecular weight excluding hydrogens is 398 g/mol. The van der Waals surface area contributed by atoms with E-state index in [2.05, 4.69) is 84.7 Å². The van der Waals surface area contributed by atoms with E-state index in [1.807, 2.05) is 45.0 Å². The van der Waals surface area contributed by atoms with E-state index in [4.69, 9.17) is 4.74 Å². The maximum Gasteiger partial charge on any atom is 0.407 e. The lowest BCUT2D eigenvalue weighted by molar-refractivity contribution is 0.0519. The van der Waals surface area contributed by atoms with Crippen molar-refractivity contribution < 1.29 is 9.53 Å². The van der Waals surface area contributed by atoms with Crippen molar-refractivity contribution in [1.29, 1.82) is 0 Å². The number of rotatable bonds is 7. The Kier molecular flexibility index (Phi) is 7.13. The molecule has 3 nitrogen and oxygen atoms in total. The topological polar surface area (TPSA) is 38.3 Å².